The molecule has 0 radical (unpaired) electrons. The van der Waals surface area contributed by atoms with Crippen LogP contribution in [0, 0.1) is 0 Å². The highest BCUT2D eigenvalue weighted by molar-refractivity contribution is 6.31. The van der Waals surface area contributed by atoms with Gasteiger partial charge in [0.2, 0.25) is 0 Å². The summed E-state index contributed by atoms with van der Waals surface area (Å²) in [4.78, 5) is 12.0. The number of rotatable bonds is 2. The van der Waals surface area contributed by atoms with Crippen LogP contribution in [-0.4, -0.2) is 31.1 Å². The maximum atomic E-state index is 12.8. The topological polar surface area (TPSA) is 59.6 Å². The fourth-order valence-corrected chi connectivity index (χ4v) is 3.39. The third-order valence-electron chi connectivity index (χ3n) is 4.43. The molecule has 1 aromatic carbocycles. The molecule has 2 N–H and O–H groups in total. The van der Waals surface area contributed by atoms with E-state index in [-0.39, 0.29) is 11.7 Å². The summed E-state index contributed by atoms with van der Waals surface area (Å²) in [6.45, 7) is 1.16. The second kappa shape index (κ2) is 7.01. The van der Waals surface area contributed by atoms with Gasteiger partial charge in [0, 0.05) is 24.6 Å². The first-order chi connectivity index (χ1) is 11.8. The Balaban J connectivity index is 1.55. The third-order valence-corrected chi connectivity index (χ3v) is 4.76. The highest BCUT2D eigenvalue weighted by Gasteiger charge is 2.40. The SMILES string of the molecule is O=C(Nc1ccc(Cl)c(C(F)(F)F)c1)NC1CCC2(CC1)OCCO2. The van der Waals surface area contributed by atoms with Crippen LogP contribution in [0.5, 0.6) is 0 Å². The number of carbonyl (C=O) groups excluding carboxylic acids is 1. The number of nitrogens with one attached hydrogen (secondary N) is 2. The highest BCUT2D eigenvalue weighted by Crippen LogP contribution is 2.37. The van der Waals surface area contributed by atoms with E-state index in [4.69, 9.17) is 21.1 Å². The van der Waals surface area contributed by atoms with Gasteiger partial charge in [-0.2, -0.15) is 13.2 Å². The Kier molecular flexibility index (Phi) is 5.13. The van der Waals surface area contributed by atoms with Crippen molar-refractivity contribution in [2.24, 2.45) is 0 Å². The Morgan fingerprint density at radius 1 is 1.20 bits per heavy atom. The first-order valence-electron chi connectivity index (χ1n) is 8.00. The first kappa shape index (κ1) is 18.3. The molecular formula is C16H18ClF3N2O3. The van der Waals surface area contributed by atoms with E-state index >= 15 is 0 Å². The van der Waals surface area contributed by atoms with Crippen LogP contribution in [0.25, 0.3) is 0 Å². The van der Waals surface area contributed by atoms with Crippen molar-refractivity contribution in [2.45, 2.75) is 43.7 Å². The van der Waals surface area contributed by atoms with Crippen LogP contribution in [0.2, 0.25) is 5.02 Å². The number of halogens is 4. The summed E-state index contributed by atoms with van der Waals surface area (Å²) in [5.41, 5.74) is -0.953. The molecule has 9 heteroatoms. The fraction of sp³-hybridized carbons (Fsp3) is 0.562. The van der Waals surface area contributed by atoms with Gasteiger partial charge >= 0.3 is 12.2 Å². The number of amides is 2. The Labute approximate surface area is 147 Å². The number of ether oxygens (including phenoxy) is 2. The molecule has 0 atom stereocenters. The number of benzene rings is 1. The van der Waals surface area contributed by atoms with Gasteiger partial charge in [0.05, 0.1) is 23.8 Å². The van der Waals surface area contributed by atoms with Gasteiger partial charge in [-0.05, 0) is 31.0 Å². The first-order valence-corrected chi connectivity index (χ1v) is 8.37. The van der Waals surface area contributed by atoms with Crippen LogP contribution in [0.3, 0.4) is 0 Å². The van der Waals surface area contributed by atoms with Crippen LogP contribution in [0.1, 0.15) is 31.2 Å². The number of hydrogen-bond donors (Lipinski definition) is 2. The van der Waals surface area contributed by atoms with Gasteiger partial charge in [-0.3, -0.25) is 0 Å². The predicted octanol–water partition coefficient (Wildman–Crippen LogP) is 4.17. The van der Waals surface area contributed by atoms with Gasteiger partial charge < -0.3 is 20.1 Å². The zero-order valence-corrected chi connectivity index (χ0v) is 14.0. The maximum absolute atomic E-state index is 12.8. The van der Waals surface area contributed by atoms with Crippen molar-refractivity contribution in [3.63, 3.8) is 0 Å². The van der Waals surface area contributed by atoms with Gasteiger partial charge in [0.1, 0.15) is 0 Å². The van der Waals surface area contributed by atoms with E-state index in [0.29, 0.717) is 38.9 Å². The normalized spacial score (nSPS) is 20.6. The minimum atomic E-state index is -4.58. The maximum Gasteiger partial charge on any atom is 0.417 e. The van der Waals surface area contributed by atoms with Crippen LogP contribution in [-0.2, 0) is 15.7 Å². The quantitative estimate of drug-likeness (QED) is 0.812. The lowest BCUT2D eigenvalue weighted by atomic mass is 9.90. The van der Waals surface area contributed by atoms with Crippen molar-refractivity contribution < 1.29 is 27.4 Å². The van der Waals surface area contributed by atoms with E-state index in [0.717, 1.165) is 12.1 Å². The van der Waals surface area contributed by atoms with Crippen molar-refractivity contribution in [3.8, 4) is 0 Å². The Morgan fingerprint density at radius 2 is 1.84 bits per heavy atom. The Bertz CT molecular complexity index is 638. The van der Waals surface area contributed by atoms with Gasteiger partial charge in [0.15, 0.2) is 5.79 Å². The molecule has 25 heavy (non-hydrogen) atoms. The lowest BCUT2D eigenvalue weighted by Crippen LogP contribution is -2.45. The molecule has 1 heterocycles. The molecule has 2 amide bonds. The molecule has 1 saturated heterocycles. The predicted molar refractivity (Wildman–Crippen MR) is 85.5 cm³/mol. The third kappa shape index (κ3) is 4.37. The van der Waals surface area contributed by atoms with Crippen molar-refractivity contribution in [2.75, 3.05) is 18.5 Å². The fourth-order valence-electron chi connectivity index (χ4n) is 3.16. The van der Waals surface area contributed by atoms with E-state index in [1.54, 1.807) is 0 Å². The minimum Gasteiger partial charge on any atom is -0.348 e. The summed E-state index contributed by atoms with van der Waals surface area (Å²) < 4.78 is 49.8. The van der Waals surface area contributed by atoms with Crippen molar-refractivity contribution in [1.29, 1.82) is 0 Å². The smallest absolute Gasteiger partial charge is 0.348 e. The molecule has 2 fully saturated rings. The Hall–Kier alpha value is -1.51. The molecule has 1 saturated carbocycles. The van der Waals surface area contributed by atoms with E-state index in [2.05, 4.69) is 10.6 Å². The lowest BCUT2D eigenvalue weighted by molar-refractivity contribution is -0.179. The average Bonchev–Trinajstić information content (AvgIpc) is 2.99. The van der Waals surface area contributed by atoms with Gasteiger partial charge in [-0.15, -0.1) is 0 Å². The molecule has 1 spiro atoms. The summed E-state index contributed by atoms with van der Waals surface area (Å²) in [6, 6.07) is 2.63. The van der Waals surface area contributed by atoms with Crippen molar-refractivity contribution in [1.82, 2.24) is 5.32 Å². The van der Waals surface area contributed by atoms with Crippen molar-refractivity contribution in [3.05, 3.63) is 28.8 Å². The largest absolute Gasteiger partial charge is 0.417 e. The standard InChI is InChI=1S/C16H18ClF3N2O3/c17-13-2-1-11(9-12(13)16(18,19)20)22-14(23)21-10-3-5-15(6-4-10)24-7-8-25-15/h1-2,9-10H,3-8H2,(H2,21,22,23). The molecular weight excluding hydrogens is 361 g/mol. The van der Waals surface area contributed by atoms with E-state index in [9.17, 15) is 18.0 Å². The number of alkyl halides is 3. The molecule has 138 valence electrons. The molecule has 0 unspecified atom stereocenters. The van der Waals surface area contributed by atoms with Crippen LogP contribution in [0.15, 0.2) is 18.2 Å². The molecule has 1 aliphatic carbocycles. The zero-order chi connectivity index (χ0) is 18.1. The summed E-state index contributed by atoms with van der Waals surface area (Å²) in [6.07, 6.45) is -1.86. The van der Waals surface area contributed by atoms with Crippen LogP contribution in [0.4, 0.5) is 23.7 Å². The van der Waals surface area contributed by atoms with Gasteiger partial charge in [-0.1, -0.05) is 11.6 Å². The number of carbonyl (C=O) groups is 1. The summed E-state index contributed by atoms with van der Waals surface area (Å²) in [5, 5.41) is 4.78. The van der Waals surface area contributed by atoms with E-state index < -0.39 is 28.6 Å². The number of anilines is 1. The summed E-state index contributed by atoms with van der Waals surface area (Å²) >= 11 is 5.56. The zero-order valence-electron chi connectivity index (χ0n) is 13.3. The molecule has 5 nitrogen and oxygen atoms in total. The van der Waals surface area contributed by atoms with E-state index in [1.807, 2.05) is 0 Å². The molecule has 3 rings (SSSR count). The number of urea groups is 1. The lowest BCUT2D eigenvalue weighted by Gasteiger charge is -2.35. The Morgan fingerprint density at radius 3 is 2.44 bits per heavy atom. The van der Waals surface area contributed by atoms with Gasteiger partial charge in [0.25, 0.3) is 0 Å². The molecule has 2 aliphatic rings. The summed E-state index contributed by atoms with van der Waals surface area (Å²) in [7, 11) is 0. The second-order valence-corrected chi connectivity index (χ2v) is 6.58. The van der Waals surface area contributed by atoms with Gasteiger partial charge in [-0.25, -0.2) is 4.79 Å². The summed E-state index contributed by atoms with van der Waals surface area (Å²) in [5.74, 6) is -0.521. The average molecular weight is 379 g/mol. The minimum absolute atomic E-state index is 0.0314. The molecule has 0 aromatic heterocycles. The number of hydrogen-bond acceptors (Lipinski definition) is 3. The monoisotopic (exact) mass is 378 g/mol. The van der Waals surface area contributed by atoms with E-state index in [1.165, 1.54) is 6.07 Å². The molecule has 1 aliphatic heterocycles. The van der Waals surface area contributed by atoms with Crippen LogP contribution >= 0.6 is 11.6 Å². The highest BCUT2D eigenvalue weighted by atomic mass is 35.5. The van der Waals surface area contributed by atoms with Crippen molar-refractivity contribution >= 4 is 23.3 Å². The van der Waals surface area contributed by atoms with Crippen LogP contribution < -0.4 is 10.6 Å². The second-order valence-electron chi connectivity index (χ2n) is 6.17. The molecule has 1 aromatic rings. The molecule has 0 bridgehead atoms.